The Balaban J connectivity index is 2.33. The van der Waals surface area contributed by atoms with Gasteiger partial charge in [0.15, 0.2) is 0 Å². The van der Waals surface area contributed by atoms with Gasteiger partial charge in [-0.05, 0) is 46.5 Å². The van der Waals surface area contributed by atoms with E-state index in [2.05, 4.69) is 6.92 Å². The summed E-state index contributed by atoms with van der Waals surface area (Å²) >= 11 is 0. The monoisotopic (exact) mass is 253 g/mol. The summed E-state index contributed by atoms with van der Waals surface area (Å²) in [6.07, 6.45) is 1.60. The van der Waals surface area contributed by atoms with Crippen LogP contribution in [0.2, 0.25) is 0 Å². The van der Waals surface area contributed by atoms with Crippen LogP contribution in [0.4, 0.5) is 0 Å². The maximum atomic E-state index is 12.4. The van der Waals surface area contributed by atoms with Gasteiger partial charge in [0.25, 0.3) is 0 Å². The van der Waals surface area contributed by atoms with Gasteiger partial charge in [-0.15, -0.1) is 0 Å². The van der Waals surface area contributed by atoms with Crippen LogP contribution in [0.25, 0.3) is 0 Å². The minimum absolute atomic E-state index is 0.0959. The van der Waals surface area contributed by atoms with E-state index in [-0.39, 0.29) is 23.7 Å². The van der Waals surface area contributed by atoms with Crippen LogP contribution >= 0.6 is 0 Å². The Hall–Kier alpha value is -0.900. The molecule has 0 spiro atoms. The normalized spacial score (nSPS) is 33.2. The zero-order chi connectivity index (χ0) is 13.9. The molecule has 2 unspecified atom stereocenters. The number of hydrogen-bond donors (Lipinski definition) is 1. The summed E-state index contributed by atoms with van der Waals surface area (Å²) in [5, 5.41) is 10.2. The molecule has 2 fully saturated rings. The van der Waals surface area contributed by atoms with Gasteiger partial charge in [-0.2, -0.15) is 0 Å². The molecule has 102 valence electrons. The van der Waals surface area contributed by atoms with Crippen LogP contribution < -0.4 is 0 Å². The molecule has 1 saturated carbocycles. The smallest absolute Gasteiger partial charge is 0.233 e. The first-order valence-electron chi connectivity index (χ1n) is 6.67. The third kappa shape index (κ3) is 1.69. The van der Waals surface area contributed by atoms with E-state index in [1.807, 2.05) is 0 Å². The number of amides is 2. The number of carbonyl (C=O) groups is 2. The lowest BCUT2D eigenvalue weighted by Crippen LogP contribution is -2.60. The predicted molar refractivity (Wildman–Crippen MR) is 67.6 cm³/mol. The fourth-order valence-electron chi connectivity index (χ4n) is 3.10. The average molecular weight is 253 g/mol. The number of fused-ring (bicyclic) bond motifs is 1. The minimum Gasteiger partial charge on any atom is -0.388 e. The summed E-state index contributed by atoms with van der Waals surface area (Å²) < 4.78 is 0. The van der Waals surface area contributed by atoms with Crippen molar-refractivity contribution >= 4 is 11.8 Å². The molecule has 1 saturated heterocycles. The van der Waals surface area contributed by atoms with Crippen molar-refractivity contribution in [3.63, 3.8) is 0 Å². The summed E-state index contributed by atoms with van der Waals surface area (Å²) in [7, 11) is 0. The molecular formula is C14H23NO3. The zero-order valence-corrected chi connectivity index (χ0v) is 11.9. The van der Waals surface area contributed by atoms with Crippen molar-refractivity contribution in [1.82, 2.24) is 4.90 Å². The largest absolute Gasteiger partial charge is 0.388 e. The minimum atomic E-state index is -1.11. The molecule has 2 amide bonds. The molecule has 4 nitrogen and oxygen atoms in total. The highest BCUT2D eigenvalue weighted by Gasteiger charge is 2.58. The molecule has 2 atom stereocenters. The third-order valence-electron chi connectivity index (χ3n) is 4.93. The number of nitrogens with zero attached hydrogens (tertiary/aromatic N) is 1. The Morgan fingerprint density at radius 3 is 1.78 bits per heavy atom. The predicted octanol–water partition coefficient (Wildman–Crippen LogP) is 1.57. The summed E-state index contributed by atoms with van der Waals surface area (Å²) in [4.78, 5) is 26.2. The first-order chi connectivity index (χ1) is 8.07. The van der Waals surface area contributed by atoms with Gasteiger partial charge < -0.3 is 5.11 Å². The van der Waals surface area contributed by atoms with Crippen molar-refractivity contribution in [2.24, 2.45) is 17.8 Å². The molecule has 2 aliphatic rings. The maximum absolute atomic E-state index is 12.4. The summed E-state index contributed by atoms with van der Waals surface area (Å²) in [6, 6.07) is 0. The van der Waals surface area contributed by atoms with Crippen molar-refractivity contribution in [3.8, 4) is 0 Å². The number of hydrogen-bond acceptors (Lipinski definition) is 3. The number of imide groups is 1. The molecular weight excluding hydrogens is 230 g/mol. The van der Waals surface area contributed by atoms with Crippen LogP contribution in [0, 0.1) is 17.8 Å². The lowest BCUT2D eigenvalue weighted by atomic mass is 9.84. The zero-order valence-electron chi connectivity index (χ0n) is 11.9. The van der Waals surface area contributed by atoms with Crippen molar-refractivity contribution in [2.75, 3.05) is 0 Å². The molecule has 0 aromatic heterocycles. The highest BCUT2D eigenvalue weighted by molar-refractivity contribution is 6.06. The SMILES string of the molecule is CC1CC2C(=O)N(C(C)(C)C(C)(C)O)C(=O)C2C1. The van der Waals surface area contributed by atoms with Crippen LogP contribution in [0.5, 0.6) is 0 Å². The molecule has 4 heteroatoms. The Kier molecular flexibility index (Phi) is 2.85. The van der Waals surface area contributed by atoms with Gasteiger partial charge in [-0.25, -0.2) is 0 Å². The van der Waals surface area contributed by atoms with E-state index in [0.717, 1.165) is 12.8 Å². The highest BCUT2D eigenvalue weighted by atomic mass is 16.3. The molecule has 1 N–H and O–H groups in total. The quantitative estimate of drug-likeness (QED) is 0.760. The van der Waals surface area contributed by atoms with Crippen molar-refractivity contribution in [2.45, 2.75) is 58.6 Å². The molecule has 0 bridgehead atoms. The van der Waals surface area contributed by atoms with Gasteiger partial charge in [0.2, 0.25) is 11.8 Å². The van der Waals surface area contributed by atoms with Gasteiger partial charge in [0, 0.05) is 0 Å². The Bertz CT molecular complexity index is 370. The van der Waals surface area contributed by atoms with Gasteiger partial charge in [0.1, 0.15) is 0 Å². The molecule has 0 radical (unpaired) electrons. The van der Waals surface area contributed by atoms with Crippen LogP contribution in [0.3, 0.4) is 0 Å². The number of likely N-dealkylation sites (tertiary alicyclic amines) is 1. The third-order valence-corrected chi connectivity index (χ3v) is 4.93. The van der Waals surface area contributed by atoms with Crippen LogP contribution in [0.1, 0.15) is 47.5 Å². The molecule has 18 heavy (non-hydrogen) atoms. The molecule has 1 aliphatic carbocycles. The van der Waals surface area contributed by atoms with E-state index in [9.17, 15) is 14.7 Å². The highest BCUT2D eigenvalue weighted by Crippen LogP contribution is 2.46. The van der Waals surface area contributed by atoms with E-state index in [1.54, 1.807) is 27.7 Å². The molecule has 2 rings (SSSR count). The van der Waals surface area contributed by atoms with Gasteiger partial charge in [-0.1, -0.05) is 6.92 Å². The van der Waals surface area contributed by atoms with E-state index in [1.165, 1.54) is 4.90 Å². The number of rotatable bonds is 2. The molecule has 0 aromatic carbocycles. The first kappa shape index (κ1) is 13.5. The van der Waals surface area contributed by atoms with Crippen LogP contribution in [-0.2, 0) is 9.59 Å². The second-order valence-corrected chi connectivity index (χ2v) is 6.92. The Labute approximate surface area is 108 Å². The Morgan fingerprint density at radius 2 is 1.44 bits per heavy atom. The van der Waals surface area contributed by atoms with E-state index in [0.29, 0.717) is 5.92 Å². The van der Waals surface area contributed by atoms with Gasteiger partial charge >= 0.3 is 0 Å². The summed E-state index contributed by atoms with van der Waals surface area (Å²) in [5.41, 5.74) is -1.97. The maximum Gasteiger partial charge on any atom is 0.233 e. The van der Waals surface area contributed by atoms with Gasteiger partial charge in [0.05, 0.1) is 23.0 Å². The topological polar surface area (TPSA) is 57.6 Å². The number of carbonyl (C=O) groups excluding carboxylic acids is 2. The van der Waals surface area contributed by atoms with Crippen molar-refractivity contribution in [3.05, 3.63) is 0 Å². The molecule has 1 heterocycles. The van der Waals surface area contributed by atoms with E-state index in [4.69, 9.17) is 0 Å². The summed E-state index contributed by atoms with van der Waals surface area (Å²) in [6.45, 7) is 8.89. The fourth-order valence-corrected chi connectivity index (χ4v) is 3.10. The lowest BCUT2D eigenvalue weighted by Gasteiger charge is -2.43. The lowest BCUT2D eigenvalue weighted by molar-refractivity contribution is -0.157. The average Bonchev–Trinajstić information content (AvgIpc) is 2.66. The standard InChI is InChI=1S/C14H23NO3/c1-8-6-9-10(7-8)12(17)15(11(9)16)13(2,3)14(4,5)18/h8-10,18H,6-7H2,1-5H3. The molecule has 1 aliphatic heterocycles. The summed E-state index contributed by atoms with van der Waals surface area (Å²) in [5.74, 6) is -0.0634. The van der Waals surface area contributed by atoms with Crippen LogP contribution in [-0.4, -0.2) is 33.0 Å². The van der Waals surface area contributed by atoms with Crippen LogP contribution in [0.15, 0.2) is 0 Å². The first-order valence-corrected chi connectivity index (χ1v) is 6.67. The van der Waals surface area contributed by atoms with Crippen molar-refractivity contribution in [1.29, 1.82) is 0 Å². The van der Waals surface area contributed by atoms with E-state index >= 15 is 0 Å². The van der Waals surface area contributed by atoms with Gasteiger partial charge in [-0.3, -0.25) is 14.5 Å². The Morgan fingerprint density at radius 1 is 1.06 bits per heavy atom. The van der Waals surface area contributed by atoms with E-state index < -0.39 is 11.1 Å². The fraction of sp³-hybridized carbons (Fsp3) is 0.857. The second kappa shape index (κ2) is 3.80. The molecule has 0 aromatic rings. The van der Waals surface area contributed by atoms with Crippen molar-refractivity contribution < 1.29 is 14.7 Å². The second-order valence-electron chi connectivity index (χ2n) is 6.92. The number of aliphatic hydroxyl groups is 1.